The number of fused-ring (bicyclic) bond motifs is 2. The van der Waals surface area contributed by atoms with E-state index in [1.54, 1.807) is 30.3 Å². The fourth-order valence-electron chi connectivity index (χ4n) is 6.32. The van der Waals surface area contributed by atoms with E-state index in [1.165, 1.54) is 0 Å². The predicted octanol–water partition coefficient (Wildman–Crippen LogP) is 6.55. The lowest BCUT2D eigenvalue weighted by Crippen LogP contribution is -2.38. The van der Waals surface area contributed by atoms with Crippen molar-refractivity contribution < 1.29 is 26.9 Å². The van der Waals surface area contributed by atoms with Gasteiger partial charge in [0.05, 0.1) is 33.6 Å². The van der Waals surface area contributed by atoms with Crippen molar-refractivity contribution in [2.24, 2.45) is 5.92 Å². The molecule has 2 bridgehead atoms. The number of piperidine rings is 1. The maximum atomic E-state index is 15.2. The highest BCUT2D eigenvalue weighted by Gasteiger charge is 2.52. The lowest BCUT2D eigenvalue weighted by Gasteiger charge is -2.33. The van der Waals surface area contributed by atoms with E-state index in [1.807, 2.05) is 12.1 Å². The summed E-state index contributed by atoms with van der Waals surface area (Å²) in [5.74, 6) is -0.285. The Morgan fingerprint density at radius 1 is 1.10 bits per heavy atom. The van der Waals surface area contributed by atoms with Crippen LogP contribution in [0.15, 0.2) is 47.0 Å². The van der Waals surface area contributed by atoms with Gasteiger partial charge in [0.25, 0.3) is 0 Å². The van der Waals surface area contributed by atoms with E-state index in [0.29, 0.717) is 64.0 Å². The summed E-state index contributed by atoms with van der Waals surface area (Å²) >= 11 is 12.9. The summed E-state index contributed by atoms with van der Waals surface area (Å²) in [4.78, 5) is 14.9. The molecular weight excluding hydrogens is 590 g/mol. The molecule has 3 saturated carbocycles. The molecule has 0 amide bonds. The van der Waals surface area contributed by atoms with Crippen LogP contribution in [0, 0.1) is 5.92 Å². The largest absolute Gasteiger partial charge is 0.373 e. The van der Waals surface area contributed by atoms with Gasteiger partial charge < -0.3 is 14.2 Å². The Bertz CT molecular complexity index is 1600. The molecule has 1 aromatic heterocycles. The van der Waals surface area contributed by atoms with Gasteiger partial charge in [0.1, 0.15) is 11.4 Å². The number of nitrogens with zero attached hydrogens (tertiary/aromatic N) is 2. The van der Waals surface area contributed by atoms with E-state index in [4.69, 9.17) is 32.5 Å². The summed E-state index contributed by atoms with van der Waals surface area (Å²) in [5.41, 5.74) is 1.39. The second-order valence-electron chi connectivity index (χ2n) is 11.8. The molecule has 1 saturated heterocycles. The lowest BCUT2D eigenvalue weighted by atomic mass is 10.0. The van der Waals surface area contributed by atoms with Gasteiger partial charge >= 0.3 is 0 Å². The molecule has 4 fully saturated rings. The number of anilines is 1. The van der Waals surface area contributed by atoms with Gasteiger partial charge in [-0.3, -0.25) is 4.79 Å². The quantitative estimate of drug-likeness (QED) is 0.238. The van der Waals surface area contributed by atoms with Crippen molar-refractivity contribution in [3.63, 3.8) is 0 Å². The van der Waals surface area contributed by atoms with Crippen LogP contribution < -0.4 is 4.90 Å². The Hall–Kier alpha value is -2.46. The summed E-state index contributed by atoms with van der Waals surface area (Å²) in [7, 11) is -3.34. The second kappa shape index (κ2) is 10.1. The molecule has 3 atom stereocenters. The number of rotatable bonds is 10. The third kappa shape index (κ3) is 5.09. The topological polar surface area (TPSA) is 89.7 Å². The standard InChI is InChI=1S/C30H29Cl2FN2O5S/c31-23-2-1-3-24(32)27(23)28-22(29(40-34-28)30(33)10-11-30)15-39-26-13-20-12-18(26)14-35(20)19-6-4-17(5-7-19)25(36)16-41(37,38)21-8-9-21/h1-7,18,20-21,26H,8-16H2/t18-,20-,26+/m0/s1. The van der Waals surface area contributed by atoms with Crippen molar-refractivity contribution in [1.82, 2.24) is 5.16 Å². The number of carbonyl (C=O) groups is 1. The Kier molecular flexibility index (Phi) is 6.73. The summed E-state index contributed by atoms with van der Waals surface area (Å²) in [6, 6.07) is 12.7. The van der Waals surface area contributed by atoms with Crippen LogP contribution in [0.4, 0.5) is 10.1 Å². The molecule has 41 heavy (non-hydrogen) atoms. The molecule has 7 nitrogen and oxygen atoms in total. The molecule has 0 spiro atoms. The number of aromatic nitrogens is 1. The number of alkyl halides is 1. The van der Waals surface area contributed by atoms with Crippen LogP contribution in [0.3, 0.4) is 0 Å². The minimum atomic E-state index is -3.34. The van der Waals surface area contributed by atoms with E-state index in [2.05, 4.69) is 10.1 Å². The Balaban J connectivity index is 1.02. The number of Topliss-reactive ketones (excluding diaryl/α,β-unsaturated/α-hetero) is 1. The molecule has 3 aliphatic carbocycles. The molecule has 0 N–H and O–H groups in total. The van der Waals surface area contributed by atoms with Crippen LogP contribution >= 0.6 is 23.2 Å². The minimum Gasteiger partial charge on any atom is -0.373 e. The summed E-state index contributed by atoms with van der Waals surface area (Å²) in [6.45, 7) is 0.946. The molecule has 0 radical (unpaired) electrons. The number of halogens is 3. The van der Waals surface area contributed by atoms with Crippen LogP contribution in [0.25, 0.3) is 11.3 Å². The Morgan fingerprint density at radius 3 is 2.41 bits per heavy atom. The van der Waals surface area contributed by atoms with Crippen molar-refractivity contribution in [3.8, 4) is 11.3 Å². The maximum absolute atomic E-state index is 15.2. The number of hydrogen-bond acceptors (Lipinski definition) is 7. The third-order valence-corrected chi connectivity index (χ3v) is 11.7. The number of sulfone groups is 1. The monoisotopic (exact) mass is 618 g/mol. The maximum Gasteiger partial charge on any atom is 0.180 e. The van der Waals surface area contributed by atoms with E-state index in [-0.39, 0.29) is 35.5 Å². The number of ketones is 1. The Labute approximate surface area is 247 Å². The van der Waals surface area contributed by atoms with Gasteiger partial charge in [-0.1, -0.05) is 34.4 Å². The predicted molar refractivity (Wildman–Crippen MR) is 154 cm³/mol. The highest BCUT2D eigenvalue weighted by atomic mass is 35.5. The van der Waals surface area contributed by atoms with Crippen LogP contribution in [0.1, 0.15) is 60.2 Å². The molecule has 2 heterocycles. The van der Waals surface area contributed by atoms with Crippen molar-refractivity contribution in [1.29, 1.82) is 0 Å². The highest BCUT2D eigenvalue weighted by Crippen LogP contribution is 2.53. The number of hydrogen-bond donors (Lipinski definition) is 0. The molecule has 4 aliphatic rings. The van der Waals surface area contributed by atoms with Gasteiger partial charge in [0.15, 0.2) is 27.0 Å². The zero-order valence-electron chi connectivity index (χ0n) is 22.2. The van der Waals surface area contributed by atoms with Gasteiger partial charge in [0.2, 0.25) is 0 Å². The van der Waals surface area contributed by atoms with Crippen molar-refractivity contribution in [2.45, 2.75) is 68.2 Å². The van der Waals surface area contributed by atoms with E-state index in [0.717, 1.165) is 25.1 Å². The highest BCUT2D eigenvalue weighted by molar-refractivity contribution is 7.93. The molecule has 0 unspecified atom stereocenters. The first kappa shape index (κ1) is 27.4. The normalized spacial score (nSPS) is 24.7. The molecule has 11 heteroatoms. The first-order chi connectivity index (χ1) is 19.6. The number of carbonyl (C=O) groups excluding carboxylic acids is 1. The summed E-state index contributed by atoms with van der Waals surface area (Å²) < 4.78 is 51.5. The molecule has 216 valence electrons. The minimum absolute atomic E-state index is 0.00295. The van der Waals surface area contributed by atoms with Crippen LogP contribution in [-0.4, -0.2) is 49.1 Å². The van der Waals surface area contributed by atoms with Gasteiger partial charge in [-0.05, 0) is 74.9 Å². The molecule has 3 aromatic rings. The van der Waals surface area contributed by atoms with Crippen molar-refractivity contribution in [3.05, 3.63) is 69.4 Å². The fraction of sp³-hybridized carbons (Fsp3) is 0.467. The van der Waals surface area contributed by atoms with E-state index in [9.17, 15) is 13.2 Å². The van der Waals surface area contributed by atoms with Gasteiger partial charge in [-0.2, -0.15) is 0 Å². The average molecular weight is 620 g/mol. The third-order valence-electron chi connectivity index (χ3n) is 8.89. The lowest BCUT2D eigenvalue weighted by molar-refractivity contribution is 0.0114. The first-order valence-electron chi connectivity index (χ1n) is 14.0. The van der Waals surface area contributed by atoms with Crippen molar-refractivity contribution in [2.75, 3.05) is 17.2 Å². The SMILES string of the molecule is O=C(CS(=O)(=O)C1CC1)c1ccc(N2C[C@@H]3C[C@H]2C[C@H]3OCc2c(-c3c(Cl)cccc3Cl)noc2C2(F)CC2)cc1. The van der Waals surface area contributed by atoms with Crippen LogP contribution in [-0.2, 0) is 26.8 Å². The van der Waals surface area contributed by atoms with E-state index >= 15 is 4.39 Å². The van der Waals surface area contributed by atoms with Gasteiger partial charge in [-0.25, -0.2) is 12.8 Å². The zero-order chi connectivity index (χ0) is 28.5. The van der Waals surface area contributed by atoms with Gasteiger partial charge in [0, 0.05) is 35.3 Å². The fourth-order valence-corrected chi connectivity index (χ4v) is 8.52. The smallest absolute Gasteiger partial charge is 0.180 e. The van der Waals surface area contributed by atoms with Crippen LogP contribution in [0.2, 0.25) is 10.0 Å². The summed E-state index contributed by atoms with van der Waals surface area (Å²) in [6.07, 6.45) is 3.86. The molecule has 1 aliphatic heterocycles. The zero-order valence-corrected chi connectivity index (χ0v) is 24.5. The average Bonchev–Trinajstić information content (AvgIpc) is 3.81. The Morgan fingerprint density at radius 2 is 1.80 bits per heavy atom. The molecule has 2 aromatic carbocycles. The second-order valence-corrected chi connectivity index (χ2v) is 14.9. The van der Waals surface area contributed by atoms with E-state index < -0.39 is 21.3 Å². The summed E-state index contributed by atoms with van der Waals surface area (Å²) in [5, 5.41) is 4.66. The molecule has 7 rings (SSSR count). The number of benzene rings is 2. The van der Waals surface area contributed by atoms with Crippen molar-refractivity contribution >= 4 is 44.5 Å². The number of ether oxygens (including phenoxy) is 1. The van der Waals surface area contributed by atoms with Crippen LogP contribution in [0.5, 0.6) is 0 Å². The first-order valence-corrected chi connectivity index (χ1v) is 16.5. The van der Waals surface area contributed by atoms with Gasteiger partial charge in [-0.15, -0.1) is 0 Å². The molecular formula is C30H29Cl2FN2O5S.